The average Bonchev–Trinajstić information content (AvgIpc) is 3.05. The number of carbonyl (C=O) groups excluding carboxylic acids is 3. The van der Waals surface area contributed by atoms with Gasteiger partial charge < -0.3 is 10.1 Å². The molecule has 0 bridgehead atoms. The molecule has 6 nitrogen and oxygen atoms in total. The summed E-state index contributed by atoms with van der Waals surface area (Å²) in [6, 6.07) is 14.1. The van der Waals surface area contributed by atoms with Gasteiger partial charge in [-0.3, -0.25) is 9.59 Å². The number of nitrogens with one attached hydrogen (secondary N) is 1. The smallest absolute Gasteiger partial charge is 0.417 e. The van der Waals surface area contributed by atoms with Crippen molar-refractivity contribution in [2.45, 2.75) is 39.3 Å². The third-order valence-electron chi connectivity index (χ3n) is 4.57. The lowest BCUT2D eigenvalue weighted by molar-refractivity contribution is -0.131. The van der Waals surface area contributed by atoms with Crippen LogP contribution in [0.2, 0.25) is 0 Å². The number of carbonyl (C=O) groups is 3. The summed E-state index contributed by atoms with van der Waals surface area (Å²) in [7, 11) is 0. The molecule has 6 heteroatoms. The molecule has 27 heavy (non-hydrogen) atoms. The summed E-state index contributed by atoms with van der Waals surface area (Å²) in [6.07, 6.45) is -0.358. The Bertz CT molecular complexity index is 864. The van der Waals surface area contributed by atoms with Gasteiger partial charge in [-0.2, -0.15) is 0 Å². The van der Waals surface area contributed by atoms with E-state index < -0.39 is 18.0 Å². The standard InChI is InChI=1S/C21H22N2O4/c1-14-8-9-15(2)17(12-14)22-20(25)18-10-11-19(24)23(18)21(26)27-13-16-6-4-3-5-7-16/h3-9,12,18H,10-11,13H2,1-2H3,(H,22,25)/t18-/m1/s1. The minimum atomic E-state index is -0.860. The number of amides is 3. The second-order valence-corrected chi connectivity index (χ2v) is 6.67. The van der Waals surface area contributed by atoms with E-state index in [1.54, 1.807) is 0 Å². The maximum atomic E-state index is 12.7. The Morgan fingerprint density at radius 3 is 2.63 bits per heavy atom. The first-order valence-corrected chi connectivity index (χ1v) is 8.86. The highest BCUT2D eigenvalue weighted by Crippen LogP contribution is 2.23. The molecule has 2 aromatic rings. The van der Waals surface area contributed by atoms with Crippen LogP contribution >= 0.6 is 0 Å². The molecule has 3 amide bonds. The molecule has 1 saturated heterocycles. The van der Waals surface area contributed by atoms with Crippen molar-refractivity contribution in [2.75, 3.05) is 5.32 Å². The maximum Gasteiger partial charge on any atom is 0.417 e. The first-order valence-electron chi connectivity index (χ1n) is 8.86. The van der Waals surface area contributed by atoms with Crippen LogP contribution in [0.4, 0.5) is 10.5 Å². The van der Waals surface area contributed by atoms with Gasteiger partial charge in [-0.05, 0) is 43.0 Å². The summed E-state index contributed by atoms with van der Waals surface area (Å²) >= 11 is 0. The zero-order chi connectivity index (χ0) is 19.4. The molecule has 140 valence electrons. The van der Waals surface area contributed by atoms with Crippen LogP contribution in [0, 0.1) is 13.8 Å². The summed E-state index contributed by atoms with van der Waals surface area (Å²) in [5.41, 5.74) is 3.42. The van der Waals surface area contributed by atoms with Crippen LogP contribution in [0.25, 0.3) is 0 Å². The predicted molar refractivity (Wildman–Crippen MR) is 101 cm³/mol. The first kappa shape index (κ1) is 18.6. The van der Waals surface area contributed by atoms with Gasteiger partial charge in [-0.25, -0.2) is 9.69 Å². The molecule has 1 heterocycles. The van der Waals surface area contributed by atoms with Crippen molar-refractivity contribution >= 4 is 23.6 Å². The van der Waals surface area contributed by atoms with Gasteiger partial charge in [0.25, 0.3) is 0 Å². The lowest BCUT2D eigenvalue weighted by Crippen LogP contribution is -2.45. The predicted octanol–water partition coefficient (Wildman–Crippen LogP) is 3.57. The minimum absolute atomic E-state index is 0.0504. The average molecular weight is 366 g/mol. The summed E-state index contributed by atoms with van der Waals surface area (Å²) in [5, 5.41) is 2.83. The monoisotopic (exact) mass is 366 g/mol. The fourth-order valence-electron chi connectivity index (χ4n) is 3.04. The molecule has 0 saturated carbocycles. The van der Waals surface area contributed by atoms with E-state index in [1.165, 1.54) is 0 Å². The number of imide groups is 1. The van der Waals surface area contributed by atoms with E-state index in [4.69, 9.17) is 4.74 Å². The Kier molecular flexibility index (Phi) is 5.54. The van der Waals surface area contributed by atoms with E-state index in [1.807, 2.05) is 62.4 Å². The van der Waals surface area contributed by atoms with Gasteiger partial charge in [0.15, 0.2) is 0 Å². The number of hydrogen-bond donors (Lipinski definition) is 1. The SMILES string of the molecule is Cc1ccc(C)c(NC(=O)[C@H]2CCC(=O)N2C(=O)OCc2ccccc2)c1. The molecule has 0 spiro atoms. The molecule has 0 radical (unpaired) electrons. The highest BCUT2D eigenvalue weighted by atomic mass is 16.6. The number of rotatable bonds is 4. The summed E-state index contributed by atoms with van der Waals surface area (Å²) < 4.78 is 5.24. The van der Waals surface area contributed by atoms with Gasteiger partial charge in [-0.15, -0.1) is 0 Å². The van der Waals surface area contributed by atoms with Crippen LogP contribution in [0.5, 0.6) is 0 Å². The molecular formula is C21H22N2O4. The normalized spacial score (nSPS) is 16.3. The van der Waals surface area contributed by atoms with Crippen molar-refractivity contribution in [1.82, 2.24) is 4.90 Å². The molecule has 1 fully saturated rings. The number of benzene rings is 2. The molecule has 1 N–H and O–H groups in total. The Morgan fingerprint density at radius 2 is 1.89 bits per heavy atom. The largest absolute Gasteiger partial charge is 0.444 e. The molecule has 1 aliphatic rings. The highest BCUT2D eigenvalue weighted by Gasteiger charge is 2.41. The number of aryl methyl sites for hydroxylation is 2. The molecule has 0 aliphatic carbocycles. The van der Waals surface area contributed by atoms with Crippen molar-refractivity contribution in [3.8, 4) is 0 Å². The van der Waals surface area contributed by atoms with E-state index in [2.05, 4.69) is 5.32 Å². The van der Waals surface area contributed by atoms with Gasteiger partial charge in [0.05, 0.1) is 0 Å². The van der Waals surface area contributed by atoms with Gasteiger partial charge in [0.1, 0.15) is 12.6 Å². The van der Waals surface area contributed by atoms with Crippen molar-refractivity contribution in [3.05, 3.63) is 65.2 Å². The van der Waals surface area contributed by atoms with E-state index in [-0.39, 0.29) is 25.4 Å². The molecule has 1 atom stereocenters. The molecular weight excluding hydrogens is 344 g/mol. The third kappa shape index (κ3) is 4.34. The van der Waals surface area contributed by atoms with Crippen molar-refractivity contribution < 1.29 is 19.1 Å². The van der Waals surface area contributed by atoms with Crippen LogP contribution in [-0.2, 0) is 20.9 Å². The fraction of sp³-hybridized carbons (Fsp3) is 0.286. The van der Waals surface area contributed by atoms with Crippen LogP contribution in [0.3, 0.4) is 0 Å². The lowest BCUT2D eigenvalue weighted by atomic mass is 10.1. The van der Waals surface area contributed by atoms with Gasteiger partial charge in [0.2, 0.25) is 11.8 Å². The van der Waals surface area contributed by atoms with Crippen molar-refractivity contribution in [2.24, 2.45) is 0 Å². The van der Waals surface area contributed by atoms with E-state index in [0.29, 0.717) is 5.69 Å². The molecule has 2 aromatic carbocycles. The first-order chi connectivity index (χ1) is 13.0. The number of ether oxygens (including phenoxy) is 1. The number of nitrogens with zero attached hydrogens (tertiary/aromatic N) is 1. The zero-order valence-electron chi connectivity index (χ0n) is 15.4. The fourth-order valence-corrected chi connectivity index (χ4v) is 3.04. The van der Waals surface area contributed by atoms with Crippen LogP contribution in [-0.4, -0.2) is 28.8 Å². The Labute approximate surface area is 158 Å². The van der Waals surface area contributed by atoms with Gasteiger partial charge in [-0.1, -0.05) is 42.5 Å². The number of likely N-dealkylation sites (tertiary alicyclic amines) is 1. The van der Waals surface area contributed by atoms with E-state index in [0.717, 1.165) is 21.6 Å². The molecule has 1 aliphatic heterocycles. The molecule has 3 rings (SSSR count). The van der Waals surface area contributed by atoms with Crippen molar-refractivity contribution in [1.29, 1.82) is 0 Å². The van der Waals surface area contributed by atoms with Crippen LogP contribution in [0.15, 0.2) is 48.5 Å². The van der Waals surface area contributed by atoms with E-state index in [9.17, 15) is 14.4 Å². The number of hydrogen-bond acceptors (Lipinski definition) is 4. The number of anilines is 1. The Hall–Kier alpha value is -3.15. The molecule has 0 aromatic heterocycles. The maximum absolute atomic E-state index is 12.7. The molecule has 0 unspecified atom stereocenters. The van der Waals surface area contributed by atoms with Crippen LogP contribution < -0.4 is 5.32 Å². The summed E-state index contributed by atoms with van der Waals surface area (Å²) in [6.45, 7) is 3.87. The highest BCUT2D eigenvalue weighted by molar-refractivity contribution is 6.04. The zero-order valence-corrected chi connectivity index (χ0v) is 15.4. The van der Waals surface area contributed by atoms with Crippen molar-refractivity contribution in [3.63, 3.8) is 0 Å². The lowest BCUT2D eigenvalue weighted by Gasteiger charge is -2.22. The van der Waals surface area contributed by atoms with Gasteiger partial charge >= 0.3 is 6.09 Å². The topological polar surface area (TPSA) is 75.7 Å². The second-order valence-electron chi connectivity index (χ2n) is 6.67. The van der Waals surface area contributed by atoms with Gasteiger partial charge in [0, 0.05) is 12.1 Å². The minimum Gasteiger partial charge on any atom is -0.444 e. The quantitative estimate of drug-likeness (QED) is 0.897. The second kappa shape index (κ2) is 8.03. The Morgan fingerprint density at radius 1 is 1.15 bits per heavy atom. The van der Waals surface area contributed by atoms with E-state index >= 15 is 0 Å². The third-order valence-corrected chi connectivity index (χ3v) is 4.57. The summed E-state index contributed by atoms with van der Waals surface area (Å²) in [5.74, 6) is -0.777. The summed E-state index contributed by atoms with van der Waals surface area (Å²) in [4.78, 5) is 38.2. The Balaban J connectivity index is 1.68. The van der Waals surface area contributed by atoms with Crippen LogP contribution in [0.1, 0.15) is 29.5 Å².